The van der Waals surface area contributed by atoms with E-state index in [1.54, 1.807) is 55.5 Å². The minimum absolute atomic E-state index is 0.226. The highest BCUT2D eigenvalue weighted by molar-refractivity contribution is 6.11. The molecular weight excluding hydrogens is 422 g/mol. The molecule has 1 unspecified atom stereocenters. The normalized spacial score (nSPS) is 19.8. The number of urea groups is 1. The van der Waals surface area contributed by atoms with E-state index in [-0.39, 0.29) is 31.6 Å². The van der Waals surface area contributed by atoms with Crippen LogP contribution in [0.2, 0.25) is 0 Å². The number of amides is 4. The van der Waals surface area contributed by atoms with Crippen molar-refractivity contribution in [1.82, 2.24) is 15.1 Å². The fraction of sp³-hybridized carbons (Fsp3) is 0.360. The van der Waals surface area contributed by atoms with Crippen LogP contribution < -0.4 is 5.32 Å². The maximum absolute atomic E-state index is 13.7. The van der Waals surface area contributed by atoms with Gasteiger partial charge in [-0.1, -0.05) is 60.7 Å². The molecule has 0 bridgehead atoms. The van der Waals surface area contributed by atoms with Gasteiger partial charge >= 0.3 is 12.0 Å². The summed E-state index contributed by atoms with van der Waals surface area (Å²) in [5.74, 6) is -1.59. The number of esters is 1. The van der Waals surface area contributed by atoms with Crippen LogP contribution in [0.5, 0.6) is 0 Å². The number of benzene rings is 2. The van der Waals surface area contributed by atoms with Crippen LogP contribution in [0.1, 0.15) is 30.9 Å². The van der Waals surface area contributed by atoms with E-state index >= 15 is 0 Å². The van der Waals surface area contributed by atoms with Gasteiger partial charge in [-0.2, -0.15) is 0 Å². The minimum atomic E-state index is -1.41. The van der Waals surface area contributed by atoms with Crippen molar-refractivity contribution in [2.24, 2.45) is 5.92 Å². The number of hydrogen-bond acceptors (Lipinski definition) is 5. The van der Waals surface area contributed by atoms with Crippen molar-refractivity contribution in [2.45, 2.75) is 25.3 Å². The number of piperidine rings is 1. The largest absolute Gasteiger partial charge is 0.466 e. The highest BCUT2D eigenvalue weighted by atomic mass is 16.5. The van der Waals surface area contributed by atoms with Crippen molar-refractivity contribution < 1.29 is 23.9 Å². The summed E-state index contributed by atoms with van der Waals surface area (Å²) in [6.45, 7) is 2.34. The van der Waals surface area contributed by atoms with Gasteiger partial charge in [-0.05, 0) is 30.9 Å². The molecule has 1 atom stereocenters. The number of imide groups is 1. The molecule has 2 fully saturated rings. The van der Waals surface area contributed by atoms with Crippen LogP contribution in [0.25, 0.3) is 0 Å². The fourth-order valence-corrected chi connectivity index (χ4v) is 4.55. The third-order valence-corrected chi connectivity index (χ3v) is 6.21. The topological polar surface area (TPSA) is 96.0 Å². The molecule has 2 heterocycles. The zero-order valence-corrected chi connectivity index (χ0v) is 18.5. The van der Waals surface area contributed by atoms with Gasteiger partial charge < -0.3 is 15.0 Å². The standard InChI is InChI=1S/C25H27N3O5/c1-2-33-22(30)18-10-9-15-27(16-18)21(29)17-28-23(31)25(26-24(28)32,19-11-5-3-6-12-19)20-13-7-4-8-14-20/h3-8,11-14,18H,2,9-10,15-17H2,1H3,(H,26,32). The Labute approximate surface area is 192 Å². The van der Waals surface area contributed by atoms with Crippen LogP contribution in [0.4, 0.5) is 4.79 Å². The summed E-state index contributed by atoms with van der Waals surface area (Å²) in [5, 5.41) is 2.84. The van der Waals surface area contributed by atoms with Crippen molar-refractivity contribution >= 4 is 23.8 Å². The molecule has 2 aliphatic rings. The maximum Gasteiger partial charge on any atom is 0.326 e. The van der Waals surface area contributed by atoms with Gasteiger partial charge in [-0.25, -0.2) is 4.79 Å². The lowest BCUT2D eigenvalue weighted by molar-refractivity contribution is -0.151. The summed E-state index contributed by atoms with van der Waals surface area (Å²) >= 11 is 0. The molecule has 0 saturated carbocycles. The highest BCUT2D eigenvalue weighted by Gasteiger charge is 2.54. The van der Waals surface area contributed by atoms with Gasteiger partial charge in [0.25, 0.3) is 5.91 Å². The second-order valence-corrected chi connectivity index (χ2v) is 8.23. The Bertz CT molecular complexity index is 1000. The maximum atomic E-state index is 13.7. The van der Waals surface area contributed by atoms with Crippen LogP contribution in [-0.2, 0) is 24.7 Å². The SMILES string of the molecule is CCOC(=O)C1CCCN(C(=O)CN2C(=O)NC(c3ccccc3)(c3ccccc3)C2=O)C1. The number of ether oxygens (including phenoxy) is 1. The monoisotopic (exact) mass is 449 g/mol. The van der Waals surface area contributed by atoms with Gasteiger partial charge in [-0.3, -0.25) is 19.3 Å². The molecule has 2 aliphatic heterocycles. The predicted octanol–water partition coefficient (Wildman–Crippen LogP) is 2.28. The first kappa shape index (κ1) is 22.5. The summed E-state index contributed by atoms with van der Waals surface area (Å²) < 4.78 is 5.10. The summed E-state index contributed by atoms with van der Waals surface area (Å²) in [6.07, 6.45) is 1.31. The van der Waals surface area contributed by atoms with Gasteiger partial charge in [0.1, 0.15) is 6.54 Å². The number of hydrogen-bond donors (Lipinski definition) is 1. The van der Waals surface area contributed by atoms with Crippen molar-refractivity contribution in [2.75, 3.05) is 26.2 Å². The molecule has 0 aromatic heterocycles. The molecule has 33 heavy (non-hydrogen) atoms. The highest BCUT2D eigenvalue weighted by Crippen LogP contribution is 2.36. The summed E-state index contributed by atoms with van der Waals surface area (Å²) in [6, 6.07) is 17.4. The van der Waals surface area contributed by atoms with Crippen molar-refractivity contribution in [3.8, 4) is 0 Å². The first-order valence-corrected chi connectivity index (χ1v) is 11.2. The number of rotatable bonds is 6. The van der Waals surface area contributed by atoms with E-state index in [2.05, 4.69) is 5.32 Å². The van der Waals surface area contributed by atoms with E-state index in [0.717, 1.165) is 4.90 Å². The van der Waals surface area contributed by atoms with Gasteiger partial charge in [0.2, 0.25) is 5.91 Å². The molecule has 2 saturated heterocycles. The Morgan fingerprint density at radius 2 is 1.64 bits per heavy atom. The van der Waals surface area contributed by atoms with Crippen molar-refractivity contribution in [3.05, 3.63) is 71.8 Å². The average molecular weight is 450 g/mol. The summed E-state index contributed by atoms with van der Waals surface area (Å²) in [7, 11) is 0. The first-order chi connectivity index (χ1) is 16.0. The molecule has 1 N–H and O–H groups in total. The number of carbonyl (C=O) groups excluding carboxylic acids is 4. The average Bonchev–Trinajstić information content (AvgIpc) is 3.11. The summed E-state index contributed by atoms with van der Waals surface area (Å²) in [4.78, 5) is 54.4. The van der Waals surface area contributed by atoms with Gasteiger partial charge in [0, 0.05) is 13.1 Å². The molecule has 4 amide bonds. The number of likely N-dealkylation sites (tertiary alicyclic amines) is 1. The van der Waals surface area contributed by atoms with E-state index in [1.807, 2.05) is 12.1 Å². The second kappa shape index (κ2) is 9.44. The van der Waals surface area contributed by atoms with Crippen LogP contribution in [0, 0.1) is 5.92 Å². The Morgan fingerprint density at radius 3 is 2.21 bits per heavy atom. The molecule has 4 rings (SSSR count). The molecule has 8 heteroatoms. The Hall–Kier alpha value is -3.68. The molecular formula is C25H27N3O5. The smallest absolute Gasteiger partial charge is 0.326 e. The third-order valence-electron chi connectivity index (χ3n) is 6.21. The Balaban J connectivity index is 1.57. The molecule has 0 aliphatic carbocycles. The number of nitrogens with one attached hydrogen (secondary N) is 1. The fourth-order valence-electron chi connectivity index (χ4n) is 4.55. The van der Waals surface area contributed by atoms with E-state index in [4.69, 9.17) is 4.74 Å². The van der Waals surface area contributed by atoms with Crippen LogP contribution in [0.3, 0.4) is 0 Å². The number of nitrogens with zero attached hydrogens (tertiary/aromatic N) is 2. The molecule has 172 valence electrons. The van der Waals surface area contributed by atoms with Crippen molar-refractivity contribution in [1.29, 1.82) is 0 Å². The lowest BCUT2D eigenvalue weighted by Crippen LogP contribution is -2.49. The van der Waals surface area contributed by atoms with Crippen LogP contribution in [0.15, 0.2) is 60.7 Å². The molecule has 8 nitrogen and oxygen atoms in total. The predicted molar refractivity (Wildman–Crippen MR) is 120 cm³/mol. The third kappa shape index (κ3) is 4.20. The minimum Gasteiger partial charge on any atom is -0.466 e. The van der Waals surface area contributed by atoms with E-state index in [1.165, 1.54) is 4.90 Å². The van der Waals surface area contributed by atoms with Gasteiger partial charge in [0.15, 0.2) is 5.54 Å². The molecule has 2 aromatic carbocycles. The van der Waals surface area contributed by atoms with Crippen LogP contribution >= 0.6 is 0 Å². The molecule has 2 aromatic rings. The van der Waals surface area contributed by atoms with Crippen LogP contribution in [-0.4, -0.2) is 59.9 Å². The second-order valence-electron chi connectivity index (χ2n) is 8.23. The Morgan fingerprint density at radius 1 is 1.03 bits per heavy atom. The Kier molecular flexibility index (Phi) is 6.44. The number of carbonyl (C=O) groups is 4. The zero-order chi connectivity index (χ0) is 23.4. The first-order valence-electron chi connectivity index (χ1n) is 11.2. The van der Waals surface area contributed by atoms with E-state index in [9.17, 15) is 19.2 Å². The zero-order valence-electron chi connectivity index (χ0n) is 18.5. The molecule has 0 radical (unpaired) electrons. The summed E-state index contributed by atoms with van der Waals surface area (Å²) in [5.41, 5.74) is -0.176. The van der Waals surface area contributed by atoms with Gasteiger partial charge in [0.05, 0.1) is 12.5 Å². The quantitative estimate of drug-likeness (QED) is 0.539. The van der Waals surface area contributed by atoms with Crippen molar-refractivity contribution in [3.63, 3.8) is 0 Å². The van der Waals surface area contributed by atoms with E-state index < -0.39 is 23.4 Å². The lowest BCUT2D eigenvalue weighted by atomic mass is 9.82. The van der Waals surface area contributed by atoms with E-state index in [0.29, 0.717) is 30.5 Å². The lowest BCUT2D eigenvalue weighted by Gasteiger charge is -2.32. The van der Waals surface area contributed by atoms with Gasteiger partial charge in [-0.15, -0.1) is 0 Å². The molecule has 0 spiro atoms.